The van der Waals surface area contributed by atoms with E-state index >= 15 is 0 Å². The minimum absolute atomic E-state index is 0.0361. The largest absolute Gasteiger partial charge is 0.350 e. The summed E-state index contributed by atoms with van der Waals surface area (Å²) in [6.07, 6.45) is 3.73. The minimum atomic E-state index is 0.0361. The number of nitrogens with one attached hydrogen (secondary N) is 1. The highest BCUT2D eigenvalue weighted by molar-refractivity contribution is 7.13. The number of carbonyl (C=O) groups excluding carboxylic acids is 1. The highest BCUT2D eigenvalue weighted by atomic mass is 32.1. The third-order valence-electron chi connectivity index (χ3n) is 4.64. The van der Waals surface area contributed by atoms with Crippen LogP contribution in [0, 0.1) is 6.92 Å². The van der Waals surface area contributed by atoms with Gasteiger partial charge in [-0.15, -0.1) is 11.3 Å². The molecule has 0 aliphatic heterocycles. The van der Waals surface area contributed by atoms with Crippen molar-refractivity contribution in [2.45, 2.75) is 32.7 Å². The van der Waals surface area contributed by atoms with Crippen LogP contribution in [-0.4, -0.2) is 20.9 Å². The number of nitrogens with zero attached hydrogens (tertiary/aromatic N) is 3. The maximum absolute atomic E-state index is 12.2. The predicted octanol–water partition coefficient (Wildman–Crippen LogP) is 4.70. The Morgan fingerprint density at radius 2 is 2.00 bits per heavy atom. The summed E-state index contributed by atoms with van der Waals surface area (Å²) < 4.78 is 0. The van der Waals surface area contributed by atoms with E-state index in [1.54, 1.807) is 17.5 Å². The Bertz CT molecular complexity index is 1140. The molecule has 0 atom stereocenters. The topological polar surface area (TPSA) is 67.8 Å². The second-order valence-corrected chi connectivity index (χ2v) is 7.85. The van der Waals surface area contributed by atoms with Crippen LogP contribution in [0.2, 0.25) is 0 Å². The summed E-state index contributed by atoms with van der Waals surface area (Å²) in [6.45, 7) is 2.53. The van der Waals surface area contributed by atoms with Crippen molar-refractivity contribution < 1.29 is 4.79 Å². The summed E-state index contributed by atoms with van der Waals surface area (Å²) in [7, 11) is 0. The van der Waals surface area contributed by atoms with Gasteiger partial charge in [-0.1, -0.05) is 23.8 Å². The third kappa shape index (κ3) is 5.03. The molecule has 6 heteroatoms. The first-order valence-electron chi connectivity index (χ1n) is 9.66. The summed E-state index contributed by atoms with van der Waals surface area (Å²) in [6, 6.07) is 16.2. The zero-order chi connectivity index (χ0) is 20.1. The number of benzene rings is 1. The molecule has 0 unspecified atom stereocenters. The lowest BCUT2D eigenvalue weighted by atomic mass is 10.1. The molecular weight excluding hydrogens is 380 g/mol. The monoisotopic (exact) mass is 402 g/mol. The van der Waals surface area contributed by atoms with Gasteiger partial charge in [0.2, 0.25) is 5.91 Å². The van der Waals surface area contributed by atoms with Crippen LogP contribution in [0.15, 0.2) is 60.1 Å². The van der Waals surface area contributed by atoms with E-state index in [0.29, 0.717) is 13.0 Å². The van der Waals surface area contributed by atoms with Gasteiger partial charge in [-0.05, 0) is 50.1 Å². The van der Waals surface area contributed by atoms with E-state index in [1.165, 1.54) is 5.56 Å². The number of hydrogen-bond donors (Lipinski definition) is 1. The second kappa shape index (κ2) is 8.92. The van der Waals surface area contributed by atoms with Gasteiger partial charge in [0.05, 0.1) is 12.2 Å². The van der Waals surface area contributed by atoms with Gasteiger partial charge in [-0.2, -0.15) is 0 Å². The van der Waals surface area contributed by atoms with Gasteiger partial charge in [0.1, 0.15) is 5.01 Å². The summed E-state index contributed by atoms with van der Waals surface area (Å²) in [5.74, 6) is 0.0361. The highest BCUT2D eigenvalue weighted by Gasteiger charge is 2.07. The van der Waals surface area contributed by atoms with Crippen LogP contribution in [0.4, 0.5) is 0 Å². The number of thiazole rings is 1. The Hall–Kier alpha value is -3.12. The molecule has 0 saturated heterocycles. The molecule has 0 bridgehead atoms. The number of aromatic nitrogens is 3. The van der Waals surface area contributed by atoms with Crippen molar-refractivity contribution >= 4 is 28.3 Å². The normalized spacial score (nSPS) is 10.9. The molecule has 0 saturated carbocycles. The van der Waals surface area contributed by atoms with Gasteiger partial charge in [0.15, 0.2) is 5.65 Å². The molecule has 4 rings (SSSR count). The first-order chi connectivity index (χ1) is 14.2. The number of pyridine rings is 2. The molecular formula is C23H22N4OS. The number of hydrogen-bond acceptors (Lipinski definition) is 5. The molecule has 0 spiro atoms. The van der Waals surface area contributed by atoms with E-state index < -0.39 is 0 Å². The lowest BCUT2D eigenvalue weighted by Gasteiger charge is -2.04. The van der Waals surface area contributed by atoms with Crippen molar-refractivity contribution in [2.24, 2.45) is 0 Å². The number of rotatable bonds is 7. The third-order valence-corrected chi connectivity index (χ3v) is 5.58. The van der Waals surface area contributed by atoms with Crippen LogP contribution in [0.25, 0.3) is 21.6 Å². The molecule has 1 aromatic carbocycles. The van der Waals surface area contributed by atoms with Crippen LogP contribution >= 0.6 is 11.3 Å². The van der Waals surface area contributed by atoms with E-state index in [9.17, 15) is 4.79 Å². The fraction of sp³-hybridized carbons (Fsp3) is 0.217. The summed E-state index contributed by atoms with van der Waals surface area (Å²) >= 11 is 1.60. The molecule has 0 radical (unpaired) electrons. The standard InChI is InChI=1S/C23H22N4OS/c1-16-5-2-6-18(13-16)23-27-20(15-29-23)14-25-21(28)9-3-8-19-11-10-17-7-4-12-24-22(17)26-19/h2,4-7,10-13,15H,3,8-9,14H2,1H3,(H,25,28). The van der Waals surface area contributed by atoms with Gasteiger partial charge in [-0.3, -0.25) is 4.79 Å². The van der Waals surface area contributed by atoms with Crippen LogP contribution in [-0.2, 0) is 17.8 Å². The fourth-order valence-electron chi connectivity index (χ4n) is 3.14. The van der Waals surface area contributed by atoms with Crippen molar-refractivity contribution in [3.63, 3.8) is 0 Å². The van der Waals surface area contributed by atoms with Crippen molar-refractivity contribution in [1.82, 2.24) is 20.3 Å². The summed E-state index contributed by atoms with van der Waals surface area (Å²) in [5.41, 5.74) is 4.94. The average Bonchev–Trinajstić information content (AvgIpc) is 3.21. The van der Waals surface area contributed by atoms with Crippen LogP contribution in [0.5, 0.6) is 0 Å². The van der Waals surface area contributed by atoms with E-state index in [-0.39, 0.29) is 5.91 Å². The molecule has 29 heavy (non-hydrogen) atoms. The Kier molecular flexibility index (Phi) is 5.91. The van der Waals surface area contributed by atoms with Crippen LogP contribution in [0.3, 0.4) is 0 Å². The number of amides is 1. The van der Waals surface area contributed by atoms with Gasteiger partial charge in [0, 0.05) is 34.6 Å². The molecule has 3 heterocycles. The van der Waals surface area contributed by atoms with Gasteiger partial charge in [0.25, 0.3) is 0 Å². The van der Waals surface area contributed by atoms with Crippen molar-refractivity contribution in [3.05, 3.63) is 77.1 Å². The molecule has 0 aliphatic rings. The van der Waals surface area contributed by atoms with Gasteiger partial charge < -0.3 is 5.32 Å². The molecule has 146 valence electrons. The van der Waals surface area contributed by atoms with Crippen LogP contribution < -0.4 is 5.32 Å². The maximum atomic E-state index is 12.2. The summed E-state index contributed by atoms with van der Waals surface area (Å²) in [4.78, 5) is 25.6. The van der Waals surface area contributed by atoms with Crippen molar-refractivity contribution in [1.29, 1.82) is 0 Å². The Morgan fingerprint density at radius 3 is 2.90 bits per heavy atom. The molecule has 3 aromatic heterocycles. The highest BCUT2D eigenvalue weighted by Crippen LogP contribution is 2.24. The first-order valence-corrected chi connectivity index (χ1v) is 10.5. The Morgan fingerprint density at radius 1 is 1.07 bits per heavy atom. The quantitative estimate of drug-likeness (QED) is 0.486. The van der Waals surface area contributed by atoms with E-state index in [0.717, 1.165) is 45.8 Å². The first kappa shape index (κ1) is 19.2. The maximum Gasteiger partial charge on any atom is 0.220 e. The number of aryl methyl sites for hydroxylation is 2. The number of carbonyl (C=O) groups is 1. The fourth-order valence-corrected chi connectivity index (χ4v) is 3.95. The lowest BCUT2D eigenvalue weighted by Crippen LogP contribution is -2.22. The number of fused-ring (bicyclic) bond motifs is 1. The SMILES string of the molecule is Cc1cccc(-c2nc(CNC(=O)CCCc3ccc4cccnc4n3)cs2)c1. The lowest BCUT2D eigenvalue weighted by molar-refractivity contribution is -0.121. The molecule has 5 nitrogen and oxygen atoms in total. The van der Waals surface area contributed by atoms with Crippen molar-refractivity contribution in [2.75, 3.05) is 0 Å². The summed E-state index contributed by atoms with van der Waals surface area (Å²) in [5, 5.41) is 6.98. The van der Waals surface area contributed by atoms with E-state index in [1.807, 2.05) is 35.7 Å². The molecule has 0 aliphatic carbocycles. The van der Waals surface area contributed by atoms with Crippen molar-refractivity contribution in [3.8, 4) is 10.6 Å². The zero-order valence-corrected chi connectivity index (χ0v) is 17.1. The minimum Gasteiger partial charge on any atom is -0.350 e. The predicted molar refractivity (Wildman–Crippen MR) is 117 cm³/mol. The zero-order valence-electron chi connectivity index (χ0n) is 16.3. The van der Waals surface area contributed by atoms with Crippen LogP contribution in [0.1, 0.15) is 29.8 Å². The van der Waals surface area contributed by atoms with Gasteiger partial charge >= 0.3 is 0 Å². The smallest absolute Gasteiger partial charge is 0.220 e. The molecule has 1 amide bonds. The average molecular weight is 403 g/mol. The molecule has 0 fully saturated rings. The second-order valence-electron chi connectivity index (χ2n) is 7.00. The van der Waals surface area contributed by atoms with Gasteiger partial charge in [-0.25, -0.2) is 15.0 Å². The Balaban J connectivity index is 1.25. The molecule has 1 N–H and O–H groups in total. The van der Waals surface area contributed by atoms with E-state index in [4.69, 9.17) is 0 Å². The molecule has 4 aromatic rings. The Labute approximate surface area is 173 Å². The van der Waals surface area contributed by atoms with E-state index in [2.05, 4.69) is 45.4 Å².